The van der Waals surface area contributed by atoms with Gasteiger partial charge >= 0.3 is 6.03 Å². The zero-order chi connectivity index (χ0) is 19.7. The molecular formula is C19H25N7O2. The number of hydrogen-bond acceptors (Lipinski definition) is 6. The molecule has 0 spiro atoms. The molecule has 3 aromatic rings. The van der Waals surface area contributed by atoms with Gasteiger partial charge in [0.2, 0.25) is 0 Å². The number of para-hydroxylation sites is 2. The normalized spacial score (nSPS) is 16.0. The van der Waals surface area contributed by atoms with Gasteiger partial charge in [0.15, 0.2) is 5.58 Å². The largest absolute Gasteiger partial charge is 0.423 e. The Morgan fingerprint density at radius 1 is 1.18 bits per heavy atom. The minimum atomic E-state index is -0.185. The number of piperazine rings is 1. The summed E-state index contributed by atoms with van der Waals surface area (Å²) in [6.07, 6.45) is 1.51. The summed E-state index contributed by atoms with van der Waals surface area (Å²) in [5.74, 6) is 0.960. The zero-order valence-corrected chi connectivity index (χ0v) is 16.4. The van der Waals surface area contributed by atoms with Crippen molar-refractivity contribution >= 4 is 23.1 Å². The first kappa shape index (κ1) is 18.3. The van der Waals surface area contributed by atoms with E-state index in [2.05, 4.69) is 39.1 Å². The molecule has 1 saturated heterocycles. The summed E-state index contributed by atoms with van der Waals surface area (Å²) in [7, 11) is 1.84. The molecule has 2 amide bonds. The number of nitrogens with zero attached hydrogens (tertiary/aromatic N) is 6. The molecule has 3 heterocycles. The average Bonchev–Trinajstić information content (AvgIpc) is 3.32. The molecule has 1 atom stereocenters. The standard InChI is InChI=1S/C19H25N7O2/c1-13(2)16(17-20-12-21-24(17)3)23-18(27)25-8-10-26(11-9-25)19-22-14-6-4-5-7-15(14)28-19/h4-7,12-13,16H,8-11H2,1-3H3,(H,23,27)/t16-/m1/s1. The molecule has 0 radical (unpaired) electrons. The number of hydrogen-bond donors (Lipinski definition) is 1. The maximum Gasteiger partial charge on any atom is 0.318 e. The molecule has 1 fully saturated rings. The second kappa shape index (κ2) is 7.49. The number of carbonyl (C=O) groups is 1. The quantitative estimate of drug-likeness (QED) is 0.742. The second-order valence-electron chi connectivity index (χ2n) is 7.35. The van der Waals surface area contributed by atoms with E-state index in [0.717, 1.165) is 16.9 Å². The summed E-state index contributed by atoms with van der Waals surface area (Å²) in [6.45, 7) is 6.69. The van der Waals surface area contributed by atoms with Crippen molar-refractivity contribution in [1.29, 1.82) is 0 Å². The summed E-state index contributed by atoms with van der Waals surface area (Å²) < 4.78 is 7.54. The first-order valence-corrected chi connectivity index (χ1v) is 9.53. The zero-order valence-electron chi connectivity index (χ0n) is 16.4. The third-order valence-corrected chi connectivity index (χ3v) is 5.09. The Bertz CT molecular complexity index is 923. The van der Waals surface area contributed by atoms with Crippen molar-refractivity contribution in [3.63, 3.8) is 0 Å². The third-order valence-electron chi connectivity index (χ3n) is 5.09. The second-order valence-corrected chi connectivity index (χ2v) is 7.35. The number of nitrogens with one attached hydrogen (secondary N) is 1. The molecule has 9 nitrogen and oxygen atoms in total. The lowest BCUT2D eigenvalue weighted by molar-refractivity contribution is 0.184. The van der Waals surface area contributed by atoms with Gasteiger partial charge in [-0.3, -0.25) is 4.68 Å². The molecule has 0 bridgehead atoms. The lowest BCUT2D eigenvalue weighted by Gasteiger charge is -2.35. The van der Waals surface area contributed by atoms with Crippen LogP contribution in [0.15, 0.2) is 35.0 Å². The van der Waals surface area contributed by atoms with Gasteiger partial charge in [0, 0.05) is 33.2 Å². The highest BCUT2D eigenvalue weighted by Gasteiger charge is 2.28. The summed E-state index contributed by atoms with van der Waals surface area (Å²) in [4.78, 5) is 25.5. The Balaban J connectivity index is 1.38. The van der Waals surface area contributed by atoms with Crippen LogP contribution in [-0.4, -0.2) is 56.9 Å². The van der Waals surface area contributed by atoms with Crippen LogP contribution in [0.5, 0.6) is 0 Å². The van der Waals surface area contributed by atoms with Gasteiger partial charge in [-0.05, 0) is 18.1 Å². The fraction of sp³-hybridized carbons (Fsp3) is 0.474. The monoisotopic (exact) mass is 383 g/mol. The molecule has 1 aliphatic rings. The maximum atomic E-state index is 12.8. The van der Waals surface area contributed by atoms with E-state index < -0.39 is 0 Å². The Kier molecular flexibility index (Phi) is 4.89. The molecule has 9 heteroatoms. The lowest BCUT2D eigenvalue weighted by Crippen LogP contribution is -2.53. The summed E-state index contributed by atoms with van der Waals surface area (Å²) in [6, 6.07) is 8.06. The van der Waals surface area contributed by atoms with Crippen LogP contribution in [0.4, 0.5) is 10.8 Å². The van der Waals surface area contributed by atoms with Crippen LogP contribution >= 0.6 is 0 Å². The van der Waals surface area contributed by atoms with Crippen LogP contribution < -0.4 is 10.2 Å². The Labute approximate surface area is 163 Å². The van der Waals surface area contributed by atoms with Gasteiger partial charge in [0.1, 0.15) is 17.7 Å². The number of urea groups is 1. The van der Waals surface area contributed by atoms with Crippen molar-refractivity contribution in [3.8, 4) is 0 Å². The van der Waals surface area contributed by atoms with Gasteiger partial charge in [0.25, 0.3) is 6.01 Å². The van der Waals surface area contributed by atoms with E-state index in [9.17, 15) is 4.79 Å². The topological polar surface area (TPSA) is 92.3 Å². The maximum absolute atomic E-state index is 12.8. The van der Waals surface area contributed by atoms with Gasteiger partial charge in [-0.2, -0.15) is 10.1 Å². The number of aromatic nitrogens is 4. The number of oxazole rings is 1. The van der Waals surface area contributed by atoms with Crippen molar-refractivity contribution < 1.29 is 9.21 Å². The molecule has 2 aromatic heterocycles. The summed E-state index contributed by atoms with van der Waals surface area (Å²) in [5.41, 5.74) is 1.63. The average molecular weight is 383 g/mol. The van der Waals surface area contributed by atoms with Crippen LogP contribution in [0.2, 0.25) is 0 Å². The van der Waals surface area contributed by atoms with E-state index in [1.165, 1.54) is 6.33 Å². The molecule has 28 heavy (non-hydrogen) atoms. The Morgan fingerprint density at radius 3 is 2.57 bits per heavy atom. The highest BCUT2D eigenvalue weighted by Crippen LogP contribution is 2.23. The van der Waals surface area contributed by atoms with E-state index in [1.807, 2.05) is 36.2 Å². The molecule has 148 valence electrons. The molecule has 0 unspecified atom stereocenters. The van der Waals surface area contributed by atoms with Crippen molar-refractivity contribution in [2.45, 2.75) is 19.9 Å². The minimum Gasteiger partial charge on any atom is -0.423 e. The summed E-state index contributed by atoms with van der Waals surface area (Å²) in [5, 5.41) is 7.23. The number of rotatable bonds is 4. The van der Waals surface area contributed by atoms with E-state index in [0.29, 0.717) is 32.2 Å². The fourth-order valence-electron chi connectivity index (χ4n) is 3.44. The van der Waals surface area contributed by atoms with Crippen LogP contribution in [0.1, 0.15) is 25.7 Å². The van der Waals surface area contributed by atoms with Crippen LogP contribution in [0.25, 0.3) is 11.1 Å². The van der Waals surface area contributed by atoms with Gasteiger partial charge in [-0.15, -0.1) is 0 Å². The molecule has 1 aliphatic heterocycles. The van der Waals surface area contributed by atoms with E-state index in [4.69, 9.17) is 4.42 Å². The third kappa shape index (κ3) is 3.51. The fourth-order valence-corrected chi connectivity index (χ4v) is 3.44. The molecule has 0 saturated carbocycles. The molecular weight excluding hydrogens is 358 g/mol. The van der Waals surface area contributed by atoms with Gasteiger partial charge < -0.3 is 19.5 Å². The molecule has 4 rings (SSSR count). The minimum absolute atomic E-state index is 0.0843. The van der Waals surface area contributed by atoms with Gasteiger partial charge in [-0.25, -0.2) is 9.78 Å². The van der Waals surface area contributed by atoms with Crippen LogP contribution in [0, 0.1) is 5.92 Å². The predicted molar refractivity (Wildman–Crippen MR) is 105 cm³/mol. The molecule has 0 aliphatic carbocycles. The number of benzene rings is 1. The van der Waals surface area contributed by atoms with Crippen molar-refractivity contribution in [2.75, 3.05) is 31.1 Å². The first-order valence-electron chi connectivity index (χ1n) is 9.53. The number of anilines is 1. The number of amides is 2. The highest BCUT2D eigenvalue weighted by atomic mass is 16.4. The summed E-state index contributed by atoms with van der Waals surface area (Å²) >= 11 is 0. The van der Waals surface area contributed by atoms with E-state index in [1.54, 1.807) is 4.68 Å². The molecule has 1 N–H and O–H groups in total. The Hall–Kier alpha value is -3.10. The Morgan fingerprint density at radius 2 is 1.93 bits per heavy atom. The number of fused-ring (bicyclic) bond motifs is 1. The SMILES string of the molecule is CC(C)[C@@H](NC(=O)N1CCN(c2nc3ccccc3o2)CC1)c1ncnn1C. The van der Waals surface area contributed by atoms with Gasteiger partial charge in [-0.1, -0.05) is 26.0 Å². The number of aryl methyl sites for hydroxylation is 1. The van der Waals surface area contributed by atoms with Crippen molar-refractivity contribution in [2.24, 2.45) is 13.0 Å². The first-order chi connectivity index (χ1) is 13.5. The lowest BCUT2D eigenvalue weighted by atomic mass is 10.0. The van der Waals surface area contributed by atoms with E-state index >= 15 is 0 Å². The van der Waals surface area contributed by atoms with Crippen molar-refractivity contribution in [1.82, 2.24) is 30.0 Å². The van der Waals surface area contributed by atoms with Crippen molar-refractivity contribution in [3.05, 3.63) is 36.4 Å². The van der Waals surface area contributed by atoms with Crippen LogP contribution in [-0.2, 0) is 7.05 Å². The predicted octanol–water partition coefficient (Wildman–Crippen LogP) is 2.19. The van der Waals surface area contributed by atoms with Crippen LogP contribution in [0.3, 0.4) is 0 Å². The smallest absolute Gasteiger partial charge is 0.318 e. The van der Waals surface area contributed by atoms with Gasteiger partial charge in [0.05, 0.1) is 6.04 Å². The van der Waals surface area contributed by atoms with E-state index in [-0.39, 0.29) is 18.0 Å². The highest BCUT2D eigenvalue weighted by molar-refractivity contribution is 5.76. The number of carbonyl (C=O) groups excluding carboxylic acids is 1. The molecule has 1 aromatic carbocycles.